The highest BCUT2D eigenvalue weighted by molar-refractivity contribution is 6.33. The molecule has 2 fully saturated rings. The quantitative estimate of drug-likeness (QED) is 0.529. The molecule has 0 spiro atoms. The standard InChI is InChI=1S/C23H22Cl2N4O.ClH/c24-17-8-10-18(11-9-17)29-14-21(26-22(29)19-6-1-2-7-20(19)25)23(30)27-28-12-15-4-3-5-16(15)13-28;/h1-2,6-11,14-16H,3-5,12-13H2,(H,27,30);1H. The molecule has 1 aliphatic carbocycles. The molecule has 1 saturated heterocycles. The lowest BCUT2D eigenvalue weighted by Crippen LogP contribution is -2.41. The maximum absolute atomic E-state index is 13.0. The summed E-state index contributed by atoms with van der Waals surface area (Å²) in [6, 6.07) is 14.9. The Hall–Kier alpha value is -2.05. The van der Waals surface area contributed by atoms with Crippen LogP contribution in [0.15, 0.2) is 54.7 Å². The van der Waals surface area contributed by atoms with Gasteiger partial charge >= 0.3 is 0 Å². The molecule has 0 radical (unpaired) electrons. The highest BCUT2D eigenvalue weighted by Gasteiger charge is 2.37. The first kappa shape index (κ1) is 22.2. The predicted molar refractivity (Wildman–Crippen MR) is 126 cm³/mol. The van der Waals surface area contributed by atoms with Crippen molar-refractivity contribution in [3.05, 3.63) is 70.5 Å². The Bertz CT molecular complexity index is 1070. The Balaban J connectivity index is 0.00000231. The van der Waals surface area contributed by atoms with Gasteiger partial charge in [-0.15, -0.1) is 12.4 Å². The van der Waals surface area contributed by atoms with Crippen LogP contribution in [-0.2, 0) is 0 Å². The zero-order valence-electron chi connectivity index (χ0n) is 16.8. The number of aromatic nitrogens is 2. The lowest BCUT2D eigenvalue weighted by molar-refractivity contribution is 0.0809. The van der Waals surface area contributed by atoms with Crippen LogP contribution in [-0.4, -0.2) is 33.6 Å². The van der Waals surface area contributed by atoms with Crippen molar-refractivity contribution in [2.45, 2.75) is 19.3 Å². The fraction of sp³-hybridized carbons (Fsp3) is 0.304. The summed E-state index contributed by atoms with van der Waals surface area (Å²) >= 11 is 12.5. The van der Waals surface area contributed by atoms with E-state index in [1.165, 1.54) is 19.3 Å². The molecular formula is C23H23Cl3N4O. The Morgan fingerprint density at radius 3 is 2.35 bits per heavy atom. The van der Waals surface area contributed by atoms with Crippen molar-refractivity contribution >= 4 is 41.5 Å². The number of fused-ring (bicyclic) bond motifs is 1. The van der Waals surface area contributed by atoms with Crippen LogP contribution in [0.25, 0.3) is 17.1 Å². The molecule has 1 aromatic heterocycles. The van der Waals surface area contributed by atoms with E-state index in [4.69, 9.17) is 23.2 Å². The van der Waals surface area contributed by atoms with Crippen LogP contribution in [0, 0.1) is 11.8 Å². The summed E-state index contributed by atoms with van der Waals surface area (Å²) in [6.07, 6.45) is 5.59. The molecule has 8 heteroatoms. The van der Waals surface area contributed by atoms with Crippen molar-refractivity contribution in [2.24, 2.45) is 11.8 Å². The smallest absolute Gasteiger partial charge is 0.285 e. The maximum atomic E-state index is 13.0. The largest absolute Gasteiger partial charge is 0.299 e. The SMILES string of the molecule is Cl.O=C(NN1CC2CCCC2C1)c1cn(-c2ccc(Cl)cc2)c(-c2ccccc2Cl)n1. The number of nitrogens with one attached hydrogen (secondary N) is 1. The van der Waals surface area contributed by atoms with Gasteiger partial charge in [-0.2, -0.15) is 0 Å². The summed E-state index contributed by atoms with van der Waals surface area (Å²) in [5.74, 6) is 1.83. The molecule has 2 aliphatic rings. The van der Waals surface area contributed by atoms with Gasteiger partial charge < -0.3 is 0 Å². The number of hydrogen-bond acceptors (Lipinski definition) is 3. The van der Waals surface area contributed by atoms with Gasteiger partial charge in [0.15, 0.2) is 0 Å². The molecule has 1 amide bonds. The van der Waals surface area contributed by atoms with Crippen molar-refractivity contribution in [1.29, 1.82) is 0 Å². The Morgan fingerprint density at radius 1 is 1.00 bits per heavy atom. The molecule has 2 aromatic carbocycles. The van der Waals surface area contributed by atoms with E-state index in [2.05, 4.69) is 10.4 Å². The second-order valence-corrected chi connectivity index (χ2v) is 8.92. The fourth-order valence-corrected chi connectivity index (χ4v) is 4.99. The van der Waals surface area contributed by atoms with E-state index in [-0.39, 0.29) is 18.3 Å². The van der Waals surface area contributed by atoms with Crippen LogP contribution in [0.1, 0.15) is 29.8 Å². The number of carbonyl (C=O) groups excluding carboxylic acids is 1. The first-order valence-corrected chi connectivity index (χ1v) is 11.0. The number of rotatable bonds is 4. The molecule has 2 heterocycles. The molecule has 3 aromatic rings. The zero-order valence-corrected chi connectivity index (χ0v) is 19.1. The van der Waals surface area contributed by atoms with E-state index < -0.39 is 0 Å². The molecule has 2 unspecified atom stereocenters. The van der Waals surface area contributed by atoms with Crippen LogP contribution in [0.5, 0.6) is 0 Å². The van der Waals surface area contributed by atoms with Crippen LogP contribution in [0.4, 0.5) is 0 Å². The van der Waals surface area contributed by atoms with Gasteiger partial charge in [-0.05, 0) is 61.1 Å². The van der Waals surface area contributed by atoms with Crippen LogP contribution < -0.4 is 5.43 Å². The molecular weight excluding hydrogens is 455 g/mol. The molecule has 5 rings (SSSR count). The third-order valence-corrected chi connectivity index (χ3v) is 6.73. The van der Waals surface area contributed by atoms with Gasteiger partial charge in [-0.1, -0.05) is 41.8 Å². The second kappa shape index (κ2) is 9.21. The van der Waals surface area contributed by atoms with Crippen molar-refractivity contribution in [3.63, 3.8) is 0 Å². The summed E-state index contributed by atoms with van der Waals surface area (Å²) in [7, 11) is 0. The van der Waals surface area contributed by atoms with Crippen LogP contribution in [0.3, 0.4) is 0 Å². The van der Waals surface area contributed by atoms with E-state index in [1.54, 1.807) is 6.20 Å². The number of nitrogens with zero attached hydrogens (tertiary/aromatic N) is 3. The molecule has 2 atom stereocenters. The highest BCUT2D eigenvalue weighted by atomic mass is 35.5. The molecule has 31 heavy (non-hydrogen) atoms. The van der Waals surface area contributed by atoms with E-state index in [0.29, 0.717) is 33.4 Å². The number of imidazole rings is 1. The molecule has 0 bridgehead atoms. The minimum Gasteiger partial charge on any atom is -0.299 e. The Kier molecular flexibility index (Phi) is 6.58. The molecule has 162 valence electrons. The molecule has 1 N–H and O–H groups in total. The number of halogens is 3. The van der Waals surface area contributed by atoms with Crippen molar-refractivity contribution in [2.75, 3.05) is 13.1 Å². The van der Waals surface area contributed by atoms with Gasteiger partial charge in [0.2, 0.25) is 0 Å². The minimum absolute atomic E-state index is 0. The van der Waals surface area contributed by atoms with Gasteiger partial charge in [0.05, 0.1) is 5.02 Å². The van der Waals surface area contributed by atoms with Crippen molar-refractivity contribution in [1.82, 2.24) is 20.0 Å². The van der Waals surface area contributed by atoms with Gasteiger partial charge in [0.1, 0.15) is 11.5 Å². The van der Waals surface area contributed by atoms with Crippen molar-refractivity contribution < 1.29 is 4.79 Å². The lowest BCUT2D eigenvalue weighted by atomic mass is 10.0. The Labute approximate surface area is 197 Å². The summed E-state index contributed by atoms with van der Waals surface area (Å²) in [5, 5.41) is 3.28. The third-order valence-electron chi connectivity index (χ3n) is 6.14. The fourth-order valence-electron chi connectivity index (χ4n) is 4.65. The number of benzene rings is 2. The average molecular weight is 478 g/mol. The third kappa shape index (κ3) is 4.46. The minimum atomic E-state index is -0.198. The summed E-state index contributed by atoms with van der Waals surface area (Å²) < 4.78 is 1.88. The monoisotopic (exact) mass is 476 g/mol. The number of carbonyl (C=O) groups is 1. The van der Waals surface area contributed by atoms with Crippen LogP contribution >= 0.6 is 35.6 Å². The predicted octanol–water partition coefficient (Wildman–Crippen LogP) is 5.64. The Morgan fingerprint density at radius 2 is 1.68 bits per heavy atom. The van der Waals surface area contributed by atoms with E-state index in [1.807, 2.05) is 58.1 Å². The summed E-state index contributed by atoms with van der Waals surface area (Å²) in [4.78, 5) is 17.7. The number of hydrogen-bond donors (Lipinski definition) is 1. The van der Waals surface area contributed by atoms with Gasteiger partial charge in [0, 0.05) is 35.6 Å². The normalized spacial score (nSPS) is 20.3. The second-order valence-electron chi connectivity index (χ2n) is 8.07. The summed E-state index contributed by atoms with van der Waals surface area (Å²) in [6.45, 7) is 1.84. The van der Waals surface area contributed by atoms with E-state index in [0.717, 1.165) is 24.3 Å². The number of hydrazine groups is 1. The first-order chi connectivity index (χ1) is 14.6. The van der Waals surface area contributed by atoms with E-state index in [9.17, 15) is 4.79 Å². The lowest BCUT2D eigenvalue weighted by Gasteiger charge is -2.17. The average Bonchev–Trinajstić information content (AvgIpc) is 3.44. The molecule has 5 nitrogen and oxygen atoms in total. The number of amides is 1. The van der Waals surface area contributed by atoms with Gasteiger partial charge in [0.25, 0.3) is 5.91 Å². The summed E-state index contributed by atoms with van der Waals surface area (Å²) in [5.41, 5.74) is 5.04. The topological polar surface area (TPSA) is 50.2 Å². The molecule has 1 aliphatic heterocycles. The molecule has 1 saturated carbocycles. The highest BCUT2D eigenvalue weighted by Crippen LogP contribution is 2.37. The van der Waals surface area contributed by atoms with Gasteiger partial charge in [-0.25, -0.2) is 9.99 Å². The first-order valence-electron chi connectivity index (χ1n) is 10.2. The van der Waals surface area contributed by atoms with Crippen molar-refractivity contribution in [3.8, 4) is 17.1 Å². The maximum Gasteiger partial charge on any atom is 0.285 e. The zero-order chi connectivity index (χ0) is 20.7. The van der Waals surface area contributed by atoms with Crippen LogP contribution in [0.2, 0.25) is 10.0 Å². The van der Waals surface area contributed by atoms with E-state index >= 15 is 0 Å². The van der Waals surface area contributed by atoms with Gasteiger partial charge in [-0.3, -0.25) is 14.8 Å².